The number of carbonyl (C=O) groups excluding carboxylic acids is 1. The fourth-order valence-corrected chi connectivity index (χ4v) is 6.06. The molecule has 3 aromatic rings. The number of carbonyl (C=O) groups is 1. The van der Waals surface area contributed by atoms with Crippen LogP contribution >= 0.6 is 27.5 Å². The molecule has 186 valence electrons. The predicted molar refractivity (Wildman–Crippen MR) is 133 cm³/mol. The lowest BCUT2D eigenvalue weighted by Crippen LogP contribution is -2.33. The maximum absolute atomic E-state index is 13.5. The largest absolute Gasteiger partial charge is 0.465 e. The molecule has 12 heteroatoms. The first-order chi connectivity index (χ1) is 16.7. The molecule has 35 heavy (non-hydrogen) atoms. The van der Waals surface area contributed by atoms with Crippen LogP contribution in [0.15, 0.2) is 52.1 Å². The molecule has 1 aliphatic rings. The second kappa shape index (κ2) is 10.7. The third kappa shape index (κ3) is 5.53. The number of rotatable bonds is 8. The van der Waals surface area contributed by atoms with Crippen molar-refractivity contribution in [3.8, 4) is 11.6 Å². The summed E-state index contributed by atoms with van der Waals surface area (Å²) in [7, 11) is -2.34. The van der Waals surface area contributed by atoms with Gasteiger partial charge in [-0.2, -0.15) is 9.40 Å². The first-order valence-electron chi connectivity index (χ1n) is 11.0. The van der Waals surface area contributed by atoms with Gasteiger partial charge in [-0.25, -0.2) is 13.4 Å². The Hall–Kier alpha value is -2.47. The number of pyridine rings is 1. The molecule has 0 saturated heterocycles. The Balaban J connectivity index is 1.56. The standard InChI is InChI=1S/C23H24BrClN4O5S/c1-3-33-22(30)14-29-21-6-4-5-20(18(21)13-27-29)28(2)35(31,32)17-11-19(24)23(26-12-17)34-16-9-7-15(25)8-10-16/h7-13,20H,3-6,14H2,1-2H3. The van der Waals surface area contributed by atoms with Crippen LogP contribution in [0.25, 0.3) is 0 Å². The zero-order valence-electron chi connectivity index (χ0n) is 19.1. The number of esters is 1. The highest BCUT2D eigenvalue weighted by Gasteiger charge is 2.35. The van der Waals surface area contributed by atoms with Gasteiger partial charge in [0.2, 0.25) is 15.9 Å². The summed E-state index contributed by atoms with van der Waals surface area (Å²) in [6, 6.07) is 7.81. The van der Waals surface area contributed by atoms with Crippen LogP contribution in [-0.4, -0.2) is 47.1 Å². The third-order valence-electron chi connectivity index (χ3n) is 5.74. The zero-order chi connectivity index (χ0) is 25.2. The van der Waals surface area contributed by atoms with E-state index in [1.54, 1.807) is 49.1 Å². The molecule has 2 heterocycles. The van der Waals surface area contributed by atoms with Crippen molar-refractivity contribution in [2.24, 2.45) is 0 Å². The van der Waals surface area contributed by atoms with Crippen LogP contribution in [-0.2, 0) is 32.5 Å². The number of benzene rings is 1. The Morgan fingerprint density at radius 2 is 2.03 bits per heavy atom. The molecule has 0 radical (unpaired) electrons. The number of ether oxygens (including phenoxy) is 2. The summed E-state index contributed by atoms with van der Waals surface area (Å²) < 4.78 is 41.0. The first-order valence-corrected chi connectivity index (χ1v) is 13.6. The summed E-state index contributed by atoms with van der Waals surface area (Å²) in [6.07, 6.45) is 5.03. The molecule has 9 nitrogen and oxygen atoms in total. The lowest BCUT2D eigenvalue weighted by Gasteiger charge is -2.30. The number of halogens is 2. The molecule has 1 aliphatic carbocycles. The molecule has 0 bridgehead atoms. The van der Waals surface area contributed by atoms with Gasteiger partial charge in [0.15, 0.2) is 0 Å². The fourth-order valence-electron chi connectivity index (χ4n) is 4.01. The van der Waals surface area contributed by atoms with E-state index >= 15 is 0 Å². The van der Waals surface area contributed by atoms with Gasteiger partial charge in [0.1, 0.15) is 17.2 Å². The average Bonchev–Trinajstić information content (AvgIpc) is 3.24. The fraction of sp³-hybridized carbons (Fsp3) is 0.348. The van der Waals surface area contributed by atoms with Crippen molar-refractivity contribution in [1.29, 1.82) is 0 Å². The summed E-state index contributed by atoms with van der Waals surface area (Å²) in [5, 5.41) is 4.90. The number of nitrogens with zero attached hydrogens (tertiary/aromatic N) is 4. The summed E-state index contributed by atoms with van der Waals surface area (Å²) in [6.45, 7) is 2.03. The highest BCUT2D eigenvalue weighted by Crippen LogP contribution is 2.37. The van der Waals surface area contributed by atoms with Gasteiger partial charge in [-0.3, -0.25) is 9.48 Å². The van der Waals surface area contributed by atoms with Crippen LogP contribution in [0.4, 0.5) is 0 Å². The van der Waals surface area contributed by atoms with E-state index in [0.717, 1.165) is 17.7 Å². The van der Waals surface area contributed by atoms with Crippen molar-refractivity contribution in [2.45, 2.75) is 43.7 Å². The van der Waals surface area contributed by atoms with E-state index in [1.807, 2.05) is 0 Å². The van der Waals surface area contributed by atoms with Gasteiger partial charge in [0, 0.05) is 23.3 Å². The van der Waals surface area contributed by atoms with Crippen molar-refractivity contribution in [3.63, 3.8) is 0 Å². The van der Waals surface area contributed by atoms with Gasteiger partial charge in [0.05, 0.1) is 29.5 Å². The van der Waals surface area contributed by atoms with Gasteiger partial charge in [-0.05, 0) is 72.4 Å². The van der Waals surface area contributed by atoms with E-state index < -0.39 is 16.1 Å². The number of hydrogen-bond acceptors (Lipinski definition) is 7. The number of sulfonamides is 1. The van der Waals surface area contributed by atoms with Gasteiger partial charge in [-0.1, -0.05) is 11.6 Å². The summed E-state index contributed by atoms with van der Waals surface area (Å²) in [4.78, 5) is 16.2. The first kappa shape index (κ1) is 25.6. The van der Waals surface area contributed by atoms with Gasteiger partial charge in [0.25, 0.3) is 0 Å². The van der Waals surface area contributed by atoms with Crippen LogP contribution in [0.3, 0.4) is 0 Å². The van der Waals surface area contributed by atoms with Crippen LogP contribution in [0.1, 0.15) is 37.1 Å². The second-order valence-electron chi connectivity index (χ2n) is 7.95. The Bertz CT molecular complexity index is 1330. The van der Waals surface area contributed by atoms with Crippen LogP contribution in [0, 0.1) is 0 Å². The van der Waals surface area contributed by atoms with Crippen LogP contribution in [0.2, 0.25) is 5.02 Å². The van der Waals surface area contributed by atoms with E-state index in [-0.39, 0.29) is 23.3 Å². The van der Waals surface area contributed by atoms with Gasteiger partial charge in [-0.15, -0.1) is 0 Å². The lowest BCUT2D eigenvalue weighted by molar-refractivity contribution is -0.144. The van der Waals surface area contributed by atoms with E-state index in [9.17, 15) is 13.2 Å². The van der Waals surface area contributed by atoms with E-state index in [2.05, 4.69) is 26.0 Å². The van der Waals surface area contributed by atoms with Gasteiger partial charge < -0.3 is 9.47 Å². The van der Waals surface area contributed by atoms with Crippen LogP contribution in [0.5, 0.6) is 11.6 Å². The number of aromatic nitrogens is 3. The van der Waals surface area contributed by atoms with Crippen molar-refractivity contribution in [3.05, 3.63) is 63.5 Å². The van der Waals surface area contributed by atoms with E-state index in [4.69, 9.17) is 21.1 Å². The Morgan fingerprint density at radius 1 is 1.29 bits per heavy atom. The third-order valence-corrected chi connectivity index (χ3v) is 8.39. The molecule has 0 N–H and O–H groups in total. The smallest absolute Gasteiger partial charge is 0.327 e. The predicted octanol–water partition coefficient (Wildman–Crippen LogP) is 4.75. The highest BCUT2D eigenvalue weighted by atomic mass is 79.9. The minimum absolute atomic E-state index is 0.00168. The molecule has 1 atom stereocenters. The molecule has 2 aromatic heterocycles. The SMILES string of the molecule is CCOC(=O)Cn1ncc2c1CCCC2N(C)S(=O)(=O)c1cnc(Oc2ccc(Cl)cc2)c(Br)c1. The molecule has 0 aliphatic heterocycles. The number of hydrogen-bond donors (Lipinski definition) is 0. The van der Waals surface area contributed by atoms with E-state index in [0.29, 0.717) is 34.7 Å². The van der Waals surface area contributed by atoms with E-state index in [1.165, 1.54) is 16.6 Å². The summed E-state index contributed by atoms with van der Waals surface area (Å²) in [5.74, 6) is 0.373. The molecular formula is C23H24BrClN4O5S. The van der Waals surface area contributed by atoms with Crippen molar-refractivity contribution >= 4 is 43.5 Å². The van der Waals surface area contributed by atoms with Gasteiger partial charge >= 0.3 is 5.97 Å². The lowest BCUT2D eigenvalue weighted by atomic mass is 9.93. The van der Waals surface area contributed by atoms with Crippen LogP contribution < -0.4 is 4.74 Å². The minimum Gasteiger partial charge on any atom is -0.465 e. The maximum atomic E-state index is 13.5. The number of fused-ring (bicyclic) bond motifs is 1. The molecule has 0 fully saturated rings. The summed E-state index contributed by atoms with van der Waals surface area (Å²) >= 11 is 9.27. The van der Waals surface area contributed by atoms with Crippen molar-refractivity contribution < 1.29 is 22.7 Å². The monoisotopic (exact) mass is 582 g/mol. The van der Waals surface area contributed by atoms with Crippen molar-refractivity contribution in [2.75, 3.05) is 13.7 Å². The molecule has 4 rings (SSSR count). The summed E-state index contributed by atoms with van der Waals surface area (Å²) in [5.41, 5.74) is 1.64. The molecule has 0 amide bonds. The topological polar surface area (TPSA) is 104 Å². The second-order valence-corrected chi connectivity index (χ2v) is 11.2. The molecule has 0 saturated carbocycles. The quantitative estimate of drug-likeness (QED) is 0.353. The molecule has 0 spiro atoms. The molecule has 1 aromatic carbocycles. The average molecular weight is 584 g/mol. The normalized spacial score (nSPS) is 15.6. The molecular weight excluding hydrogens is 560 g/mol. The maximum Gasteiger partial charge on any atom is 0.327 e. The highest BCUT2D eigenvalue weighted by molar-refractivity contribution is 9.10. The Labute approximate surface area is 217 Å². The minimum atomic E-state index is -3.88. The molecule has 1 unspecified atom stereocenters. The Morgan fingerprint density at radius 3 is 2.71 bits per heavy atom. The Kier molecular flexibility index (Phi) is 7.80. The zero-order valence-corrected chi connectivity index (χ0v) is 22.3. The van der Waals surface area contributed by atoms with Crippen molar-refractivity contribution in [1.82, 2.24) is 19.1 Å².